The van der Waals surface area contributed by atoms with Crippen molar-refractivity contribution in [2.75, 3.05) is 25.1 Å². The maximum Gasteiger partial charge on any atom is 0.326 e. The lowest BCUT2D eigenvalue weighted by Gasteiger charge is -2.21. The summed E-state index contributed by atoms with van der Waals surface area (Å²) >= 11 is 1.53. The predicted molar refractivity (Wildman–Crippen MR) is 86.5 cm³/mol. The highest BCUT2D eigenvalue weighted by Gasteiger charge is 2.25. The van der Waals surface area contributed by atoms with E-state index in [1.165, 1.54) is 11.8 Å². The van der Waals surface area contributed by atoms with Gasteiger partial charge < -0.3 is 27.2 Å². The van der Waals surface area contributed by atoms with Crippen LogP contribution < -0.4 is 22.1 Å². The first-order chi connectivity index (χ1) is 10.5. The molecule has 22 heavy (non-hydrogen) atoms. The Hall–Kier alpha value is -1.32. The number of aliphatic carboxylic acids is 1. The van der Waals surface area contributed by atoms with E-state index in [-0.39, 0.29) is 6.54 Å². The van der Waals surface area contributed by atoms with Crippen LogP contribution in [0.3, 0.4) is 0 Å². The third-order valence-corrected chi connectivity index (χ3v) is 3.65. The van der Waals surface area contributed by atoms with Gasteiger partial charge in [0.05, 0.1) is 6.54 Å². The number of hydrogen-bond donors (Lipinski definition) is 5. The highest BCUT2D eigenvalue weighted by Crippen LogP contribution is 2.05. The molecular weight excluding hydrogens is 308 g/mol. The first-order valence-electron chi connectivity index (χ1n) is 7.17. The van der Waals surface area contributed by atoms with Crippen LogP contribution in [0.15, 0.2) is 0 Å². The largest absolute Gasteiger partial charge is 0.480 e. The van der Waals surface area contributed by atoms with E-state index in [2.05, 4.69) is 10.6 Å². The van der Waals surface area contributed by atoms with Crippen LogP contribution in [0.1, 0.15) is 25.7 Å². The Labute approximate surface area is 134 Å². The van der Waals surface area contributed by atoms with Crippen LogP contribution in [0.25, 0.3) is 0 Å². The fourth-order valence-corrected chi connectivity index (χ4v) is 2.25. The number of unbranched alkanes of at least 4 members (excludes halogenated alkanes) is 1. The number of nitrogens with one attached hydrogen (secondary N) is 2. The van der Waals surface area contributed by atoms with Crippen LogP contribution in [0, 0.1) is 0 Å². The highest BCUT2D eigenvalue weighted by molar-refractivity contribution is 7.98. The molecule has 0 saturated heterocycles. The van der Waals surface area contributed by atoms with Gasteiger partial charge in [-0.1, -0.05) is 0 Å². The molecule has 7 N–H and O–H groups in total. The van der Waals surface area contributed by atoms with Crippen molar-refractivity contribution in [2.24, 2.45) is 11.5 Å². The summed E-state index contributed by atoms with van der Waals surface area (Å²) in [6.45, 7) is 0.255. The maximum atomic E-state index is 12.2. The van der Waals surface area contributed by atoms with Gasteiger partial charge in [0.25, 0.3) is 0 Å². The van der Waals surface area contributed by atoms with Gasteiger partial charge in [0.1, 0.15) is 12.1 Å². The molecular formula is C13H26N4O4S. The Morgan fingerprint density at radius 1 is 1.09 bits per heavy atom. The third-order valence-electron chi connectivity index (χ3n) is 3.01. The minimum absolute atomic E-state index is 0.220. The predicted octanol–water partition coefficient (Wildman–Crippen LogP) is -1.12. The molecule has 8 nitrogen and oxygen atoms in total. The van der Waals surface area contributed by atoms with Crippen molar-refractivity contribution >= 4 is 29.5 Å². The number of carbonyl (C=O) groups excluding carboxylic acids is 2. The van der Waals surface area contributed by atoms with Gasteiger partial charge in [-0.2, -0.15) is 11.8 Å². The van der Waals surface area contributed by atoms with E-state index < -0.39 is 29.9 Å². The minimum atomic E-state index is -1.10. The van der Waals surface area contributed by atoms with Crippen molar-refractivity contribution in [2.45, 2.75) is 37.8 Å². The average molecular weight is 334 g/mol. The van der Waals surface area contributed by atoms with Crippen molar-refractivity contribution in [3.05, 3.63) is 0 Å². The second kappa shape index (κ2) is 12.2. The van der Waals surface area contributed by atoms with Gasteiger partial charge in [-0.3, -0.25) is 9.59 Å². The molecule has 0 aliphatic carbocycles. The summed E-state index contributed by atoms with van der Waals surface area (Å²) in [6, 6.07) is -1.76. The van der Waals surface area contributed by atoms with Crippen molar-refractivity contribution in [3.63, 3.8) is 0 Å². The lowest BCUT2D eigenvalue weighted by atomic mass is 10.1. The zero-order valence-electron chi connectivity index (χ0n) is 12.8. The van der Waals surface area contributed by atoms with Crippen molar-refractivity contribution in [1.82, 2.24) is 10.6 Å². The molecule has 0 radical (unpaired) electrons. The zero-order valence-corrected chi connectivity index (χ0v) is 13.7. The standard InChI is InChI=1S/C13H26N4O4S/c1-22-7-5-9(16-11(18)8-15)12(19)17-10(13(20)21)4-2-3-6-14/h9-10H,2-8,14-15H2,1H3,(H,16,18)(H,17,19)(H,20,21). The van der Waals surface area contributed by atoms with Crippen molar-refractivity contribution in [3.8, 4) is 0 Å². The lowest BCUT2D eigenvalue weighted by Crippen LogP contribution is -2.52. The Kier molecular flexibility index (Phi) is 11.5. The van der Waals surface area contributed by atoms with Gasteiger partial charge in [-0.15, -0.1) is 0 Å². The number of carboxylic acids is 1. The summed E-state index contributed by atoms with van der Waals surface area (Å²) in [6.07, 6.45) is 3.90. The van der Waals surface area contributed by atoms with Crippen molar-refractivity contribution in [1.29, 1.82) is 0 Å². The van der Waals surface area contributed by atoms with Crippen LogP contribution in [-0.2, 0) is 14.4 Å². The second-order valence-electron chi connectivity index (χ2n) is 4.79. The Balaban J connectivity index is 4.65. The monoisotopic (exact) mass is 334 g/mol. The molecule has 0 aromatic rings. The molecule has 0 aromatic heterocycles. The molecule has 0 rings (SSSR count). The molecule has 0 spiro atoms. The molecule has 0 aliphatic heterocycles. The molecule has 128 valence electrons. The van der Waals surface area contributed by atoms with E-state index in [0.717, 1.165) is 0 Å². The molecule has 2 amide bonds. The Morgan fingerprint density at radius 2 is 1.77 bits per heavy atom. The van der Waals surface area contributed by atoms with Crippen LogP contribution in [0.4, 0.5) is 0 Å². The number of amides is 2. The molecule has 9 heteroatoms. The topological polar surface area (TPSA) is 148 Å². The summed E-state index contributed by atoms with van der Waals surface area (Å²) in [5.74, 6) is -1.39. The van der Waals surface area contributed by atoms with Gasteiger partial charge in [-0.25, -0.2) is 4.79 Å². The fraction of sp³-hybridized carbons (Fsp3) is 0.769. The molecule has 0 aliphatic rings. The minimum Gasteiger partial charge on any atom is -0.480 e. The lowest BCUT2D eigenvalue weighted by molar-refractivity contribution is -0.142. The first-order valence-corrected chi connectivity index (χ1v) is 8.57. The van der Waals surface area contributed by atoms with Crippen LogP contribution in [-0.4, -0.2) is 60.1 Å². The van der Waals surface area contributed by atoms with E-state index >= 15 is 0 Å². The van der Waals surface area contributed by atoms with Crippen LogP contribution in [0.5, 0.6) is 0 Å². The van der Waals surface area contributed by atoms with E-state index in [0.29, 0.717) is 38.0 Å². The van der Waals surface area contributed by atoms with Gasteiger partial charge in [-0.05, 0) is 44.2 Å². The number of carbonyl (C=O) groups is 3. The molecule has 2 unspecified atom stereocenters. The van der Waals surface area contributed by atoms with Crippen LogP contribution in [0.2, 0.25) is 0 Å². The van der Waals surface area contributed by atoms with Crippen LogP contribution >= 0.6 is 11.8 Å². The summed E-state index contributed by atoms with van der Waals surface area (Å²) in [4.78, 5) is 34.7. The third kappa shape index (κ3) is 8.85. The molecule has 0 saturated carbocycles. The summed E-state index contributed by atoms with van der Waals surface area (Å²) in [5, 5.41) is 14.1. The normalized spacial score (nSPS) is 13.2. The number of carboxylic acid groups (broad SMARTS) is 1. The molecule has 0 bridgehead atoms. The number of rotatable bonds is 12. The highest BCUT2D eigenvalue weighted by atomic mass is 32.2. The average Bonchev–Trinajstić information content (AvgIpc) is 2.49. The van der Waals surface area contributed by atoms with Gasteiger partial charge in [0.15, 0.2) is 0 Å². The summed E-state index contributed by atoms with van der Waals surface area (Å²) in [7, 11) is 0. The van der Waals surface area contributed by atoms with Gasteiger partial charge in [0, 0.05) is 0 Å². The van der Waals surface area contributed by atoms with Gasteiger partial charge >= 0.3 is 5.97 Å². The first kappa shape index (κ1) is 20.7. The molecule has 0 aromatic carbocycles. The fourth-order valence-electron chi connectivity index (χ4n) is 1.78. The molecule has 2 atom stereocenters. The van der Waals surface area contributed by atoms with Gasteiger partial charge in [0.2, 0.25) is 11.8 Å². The number of hydrogen-bond acceptors (Lipinski definition) is 6. The Morgan fingerprint density at radius 3 is 2.27 bits per heavy atom. The van der Waals surface area contributed by atoms with Crippen molar-refractivity contribution < 1.29 is 19.5 Å². The Bertz CT molecular complexity index is 368. The zero-order chi connectivity index (χ0) is 17.0. The SMILES string of the molecule is CSCCC(NC(=O)CN)C(=O)NC(CCCCN)C(=O)O. The quantitative estimate of drug-likeness (QED) is 0.284. The molecule has 0 fully saturated rings. The van der Waals surface area contributed by atoms with E-state index in [9.17, 15) is 14.4 Å². The van der Waals surface area contributed by atoms with E-state index in [4.69, 9.17) is 16.6 Å². The number of thioether (sulfide) groups is 1. The smallest absolute Gasteiger partial charge is 0.326 e. The summed E-state index contributed by atoms with van der Waals surface area (Å²) < 4.78 is 0. The molecule has 0 heterocycles. The summed E-state index contributed by atoms with van der Waals surface area (Å²) in [5.41, 5.74) is 10.6. The van der Waals surface area contributed by atoms with E-state index in [1.807, 2.05) is 6.26 Å². The van der Waals surface area contributed by atoms with E-state index in [1.54, 1.807) is 0 Å². The maximum absolute atomic E-state index is 12.2. The number of nitrogens with two attached hydrogens (primary N) is 2. The second-order valence-corrected chi connectivity index (χ2v) is 5.78.